The molecule has 0 saturated heterocycles. The van der Waals surface area contributed by atoms with Crippen LogP contribution in [0, 0.1) is 0 Å². The smallest absolute Gasteiger partial charge is 0.306 e. The molecule has 0 bridgehead atoms. The molecular formula is C10H9NO3S. The average Bonchev–Trinajstić information content (AvgIpc) is 2.16. The Balaban J connectivity index is 2.61. The summed E-state index contributed by atoms with van der Waals surface area (Å²) in [6.07, 6.45) is 2.66. The number of fused-ring (bicyclic) bond motifs is 1. The van der Waals surface area contributed by atoms with Gasteiger partial charge in [0.1, 0.15) is 0 Å². The van der Waals surface area contributed by atoms with E-state index in [1.165, 1.54) is 0 Å². The molecule has 0 aliphatic rings. The van der Waals surface area contributed by atoms with Crippen LogP contribution >= 0.6 is 0 Å². The van der Waals surface area contributed by atoms with Crippen LogP contribution in [0.4, 0.5) is 0 Å². The van der Waals surface area contributed by atoms with Crippen molar-refractivity contribution in [3.05, 3.63) is 36.5 Å². The molecule has 2 rings (SSSR count). The normalized spacial score (nSPS) is 11.5. The van der Waals surface area contributed by atoms with Gasteiger partial charge in [0.05, 0.1) is 11.8 Å². The minimum atomic E-state index is -3.50. The van der Waals surface area contributed by atoms with E-state index >= 15 is 0 Å². The van der Waals surface area contributed by atoms with Crippen molar-refractivity contribution in [3.63, 3.8) is 0 Å². The van der Waals surface area contributed by atoms with Crippen molar-refractivity contribution in [2.75, 3.05) is 6.26 Å². The maximum Gasteiger partial charge on any atom is 0.306 e. The molecule has 5 heteroatoms. The molecule has 0 aliphatic heterocycles. The summed E-state index contributed by atoms with van der Waals surface area (Å²) in [6, 6.07) is 8.60. The molecule has 0 fully saturated rings. The van der Waals surface area contributed by atoms with E-state index in [1.807, 2.05) is 0 Å². The van der Waals surface area contributed by atoms with Crippen molar-refractivity contribution in [1.29, 1.82) is 0 Å². The summed E-state index contributed by atoms with van der Waals surface area (Å²) in [6.45, 7) is 0. The van der Waals surface area contributed by atoms with Crippen LogP contribution in [0.3, 0.4) is 0 Å². The first-order valence-electron chi connectivity index (χ1n) is 4.29. The topological polar surface area (TPSA) is 56.3 Å². The van der Waals surface area contributed by atoms with Gasteiger partial charge in [-0.2, -0.15) is 8.42 Å². The van der Waals surface area contributed by atoms with E-state index in [1.54, 1.807) is 36.5 Å². The molecule has 15 heavy (non-hydrogen) atoms. The van der Waals surface area contributed by atoms with Crippen LogP contribution in [0.2, 0.25) is 0 Å². The van der Waals surface area contributed by atoms with Gasteiger partial charge in [-0.15, -0.1) is 0 Å². The van der Waals surface area contributed by atoms with Crippen LogP contribution in [0.1, 0.15) is 0 Å². The molecule has 0 saturated carbocycles. The maximum atomic E-state index is 11.0. The molecule has 0 spiro atoms. The lowest BCUT2D eigenvalue weighted by atomic mass is 10.2. The molecule has 0 amide bonds. The Morgan fingerprint density at radius 3 is 2.73 bits per heavy atom. The molecule has 0 aliphatic carbocycles. The summed E-state index contributed by atoms with van der Waals surface area (Å²) in [5, 5.41) is 0.686. The van der Waals surface area contributed by atoms with Gasteiger partial charge >= 0.3 is 10.1 Å². The number of hydrogen-bond acceptors (Lipinski definition) is 4. The second-order valence-corrected chi connectivity index (χ2v) is 4.69. The van der Waals surface area contributed by atoms with Gasteiger partial charge in [-0.25, -0.2) is 0 Å². The van der Waals surface area contributed by atoms with E-state index in [9.17, 15) is 8.42 Å². The van der Waals surface area contributed by atoms with Crippen LogP contribution in [-0.2, 0) is 10.1 Å². The Bertz CT molecular complexity index is 587. The highest BCUT2D eigenvalue weighted by Gasteiger charge is 2.07. The Morgan fingerprint density at radius 2 is 2.00 bits per heavy atom. The third-order valence-corrected chi connectivity index (χ3v) is 2.33. The molecule has 0 unspecified atom stereocenters. The highest BCUT2D eigenvalue weighted by atomic mass is 32.2. The lowest BCUT2D eigenvalue weighted by Gasteiger charge is -2.05. The van der Waals surface area contributed by atoms with Crippen molar-refractivity contribution in [2.24, 2.45) is 0 Å². The fourth-order valence-electron chi connectivity index (χ4n) is 1.31. The van der Waals surface area contributed by atoms with Gasteiger partial charge in [0.2, 0.25) is 0 Å². The first-order chi connectivity index (χ1) is 7.06. The van der Waals surface area contributed by atoms with Gasteiger partial charge in [0.15, 0.2) is 5.75 Å². The SMILES string of the molecule is CS(=O)(=O)Oc1cccc2ncccc12. The zero-order valence-electron chi connectivity index (χ0n) is 8.04. The van der Waals surface area contributed by atoms with Gasteiger partial charge in [-0.3, -0.25) is 4.98 Å². The highest BCUT2D eigenvalue weighted by Crippen LogP contribution is 2.24. The zero-order chi connectivity index (χ0) is 10.9. The number of rotatable bonds is 2. The van der Waals surface area contributed by atoms with Crippen LogP contribution in [0.25, 0.3) is 10.9 Å². The maximum absolute atomic E-state index is 11.0. The van der Waals surface area contributed by atoms with Crippen molar-refractivity contribution < 1.29 is 12.6 Å². The van der Waals surface area contributed by atoms with Gasteiger partial charge in [0, 0.05) is 11.6 Å². The Hall–Kier alpha value is -1.62. The average molecular weight is 223 g/mol. The Kier molecular flexibility index (Phi) is 2.32. The molecule has 1 aromatic carbocycles. The van der Waals surface area contributed by atoms with E-state index < -0.39 is 10.1 Å². The minimum Gasteiger partial charge on any atom is -0.382 e. The van der Waals surface area contributed by atoms with E-state index in [0.717, 1.165) is 6.26 Å². The number of benzene rings is 1. The van der Waals surface area contributed by atoms with Crippen LogP contribution < -0.4 is 4.18 Å². The van der Waals surface area contributed by atoms with E-state index in [-0.39, 0.29) is 0 Å². The predicted molar refractivity (Wildman–Crippen MR) is 57.2 cm³/mol. The second-order valence-electron chi connectivity index (χ2n) is 3.11. The van der Waals surface area contributed by atoms with E-state index in [0.29, 0.717) is 16.7 Å². The number of pyridine rings is 1. The molecule has 1 heterocycles. The van der Waals surface area contributed by atoms with Gasteiger partial charge in [-0.05, 0) is 24.3 Å². The fraction of sp³-hybridized carbons (Fsp3) is 0.100. The van der Waals surface area contributed by atoms with Crippen molar-refractivity contribution in [3.8, 4) is 5.75 Å². The van der Waals surface area contributed by atoms with Gasteiger partial charge in [0.25, 0.3) is 0 Å². The zero-order valence-corrected chi connectivity index (χ0v) is 8.86. The number of hydrogen-bond donors (Lipinski definition) is 0. The monoisotopic (exact) mass is 223 g/mol. The number of nitrogens with zero attached hydrogens (tertiary/aromatic N) is 1. The molecule has 2 aromatic rings. The van der Waals surface area contributed by atoms with Crippen molar-refractivity contribution in [2.45, 2.75) is 0 Å². The Labute approximate surface area is 87.6 Å². The summed E-state index contributed by atoms with van der Waals surface area (Å²) in [7, 11) is -3.50. The molecule has 1 aromatic heterocycles. The Morgan fingerprint density at radius 1 is 1.20 bits per heavy atom. The van der Waals surface area contributed by atoms with Crippen molar-refractivity contribution in [1.82, 2.24) is 4.98 Å². The summed E-state index contributed by atoms with van der Waals surface area (Å²) in [5.74, 6) is 0.308. The highest BCUT2D eigenvalue weighted by molar-refractivity contribution is 7.86. The van der Waals surface area contributed by atoms with Gasteiger partial charge in [-0.1, -0.05) is 6.07 Å². The molecule has 0 N–H and O–H groups in total. The van der Waals surface area contributed by atoms with Crippen molar-refractivity contribution >= 4 is 21.0 Å². The molecule has 4 nitrogen and oxygen atoms in total. The lowest BCUT2D eigenvalue weighted by Crippen LogP contribution is -2.05. The van der Waals surface area contributed by atoms with Gasteiger partial charge < -0.3 is 4.18 Å². The fourth-order valence-corrected chi connectivity index (χ4v) is 1.78. The first kappa shape index (κ1) is 9.92. The minimum absolute atomic E-state index is 0.308. The van der Waals surface area contributed by atoms with Crippen LogP contribution in [0.5, 0.6) is 5.75 Å². The molecule has 0 radical (unpaired) electrons. The molecule has 0 atom stereocenters. The largest absolute Gasteiger partial charge is 0.382 e. The quantitative estimate of drug-likeness (QED) is 0.725. The molecular weight excluding hydrogens is 214 g/mol. The third kappa shape index (κ3) is 2.24. The first-order valence-corrected chi connectivity index (χ1v) is 6.11. The summed E-state index contributed by atoms with van der Waals surface area (Å²) >= 11 is 0. The third-order valence-electron chi connectivity index (χ3n) is 1.85. The van der Waals surface area contributed by atoms with Crippen LogP contribution in [-0.4, -0.2) is 19.7 Å². The predicted octanol–water partition coefficient (Wildman–Crippen LogP) is 1.57. The summed E-state index contributed by atoms with van der Waals surface area (Å²) < 4.78 is 26.9. The van der Waals surface area contributed by atoms with E-state index in [4.69, 9.17) is 4.18 Å². The number of aromatic nitrogens is 1. The summed E-state index contributed by atoms with van der Waals surface area (Å²) in [5.41, 5.74) is 0.707. The lowest BCUT2D eigenvalue weighted by molar-refractivity contribution is 0.495. The molecule has 78 valence electrons. The summed E-state index contributed by atoms with van der Waals surface area (Å²) in [4.78, 5) is 4.10. The standard InChI is InChI=1S/C10H9NO3S/c1-15(12,13)14-10-6-2-5-9-8(10)4-3-7-11-9/h2-7H,1H3. The van der Waals surface area contributed by atoms with Crippen LogP contribution in [0.15, 0.2) is 36.5 Å². The second kappa shape index (κ2) is 3.51. The van der Waals surface area contributed by atoms with E-state index in [2.05, 4.69) is 4.98 Å².